The van der Waals surface area contributed by atoms with Crippen LogP contribution in [0.3, 0.4) is 0 Å². The van der Waals surface area contributed by atoms with E-state index in [1.807, 2.05) is 36.4 Å². The number of thiophene rings is 2. The summed E-state index contributed by atoms with van der Waals surface area (Å²) in [6, 6.07) is 20.4. The number of hydrogen-bond acceptors (Lipinski definition) is 6. The molecule has 142 valence electrons. The number of nitrogens with one attached hydrogen (secondary N) is 2. The summed E-state index contributed by atoms with van der Waals surface area (Å²) in [6.07, 6.45) is 0. The van der Waals surface area contributed by atoms with Gasteiger partial charge in [0.05, 0.1) is 25.6 Å². The van der Waals surface area contributed by atoms with Crippen LogP contribution in [-0.2, 0) is 0 Å². The molecule has 0 aliphatic rings. The van der Waals surface area contributed by atoms with E-state index in [0.29, 0.717) is 0 Å². The summed E-state index contributed by atoms with van der Waals surface area (Å²) in [6.45, 7) is 0. The van der Waals surface area contributed by atoms with Crippen LogP contribution >= 0.6 is 22.7 Å². The van der Waals surface area contributed by atoms with Crippen molar-refractivity contribution in [3.05, 3.63) is 71.4 Å². The first kappa shape index (κ1) is 18.4. The minimum Gasteiger partial charge on any atom is -0.496 e. The molecular formula is C22H20N2O2S2. The van der Waals surface area contributed by atoms with Gasteiger partial charge in [0.1, 0.15) is 11.5 Å². The molecule has 4 aromatic rings. The molecule has 4 nitrogen and oxygen atoms in total. The first-order valence-corrected chi connectivity index (χ1v) is 10.5. The second-order valence-electron chi connectivity index (χ2n) is 6.03. The smallest absolute Gasteiger partial charge is 0.129 e. The summed E-state index contributed by atoms with van der Waals surface area (Å²) in [5.41, 5.74) is 10.5. The van der Waals surface area contributed by atoms with E-state index in [4.69, 9.17) is 9.47 Å². The first-order valence-electron chi connectivity index (χ1n) is 8.74. The van der Waals surface area contributed by atoms with E-state index >= 15 is 0 Å². The quantitative estimate of drug-likeness (QED) is 0.338. The molecule has 0 fully saturated rings. The van der Waals surface area contributed by atoms with Crippen molar-refractivity contribution in [2.75, 3.05) is 25.1 Å². The minimum absolute atomic E-state index is 0.833. The third-order valence-electron chi connectivity index (χ3n) is 4.33. The van der Waals surface area contributed by atoms with E-state index in [2.05, 4.69) is 45.9 Å². The minimum atomic E-state index is 0.833. The van der Waals surface area contributed by atoms with Crippen LogP contribution in [0.4, 0.5) is 11.4 Å². The van der Waals surface area contributed by atoms with Crippen molar-refractivity contribution in [2.45, 2.75) is 0 Å². The number of hydrazine groups is 1. The van der Waals surface area contributed by atoms with Gasteiger partial charge in [0.2, 0.25) is 0 Å². The van der Waals surface area contributed by atoms with Gasteiger partial charge in [-0.2, -0.15) is 0 Å². The number of anilines is 2. The van der Waals surface area contributed by atoms with Crippen molar-refractivity contribution in [1.29, 1.82) is 0 Å². The number of rotatable bonds is 7. The van der Waals surface area contributed by atoms with E-state index < -0.39 is 0 Å². The predicted molar refractivity (Wildman–Crippen MR) is 120 cm³/mol. The van der Waals surface area contributed by atoms with Gasteiger partial charge in [-0.05, 0) is 47.2 Å². The van der Waals surface area contributed by atoms with Crippen molar-refractivity contribution < 1.29 is 9.47 Å². The average molecular weight is 409 g/mol. The molecule has 2 aromatic carbocycles. The fourth-order valence-electron chi connectivity index (χ4n) is 2.95. The maximum atomic E-state index is 5.58. The largest absolute Gasteiger partial charge is 0.496 e. The maximum absolute atomic E-state index is 5.58. The molecule has 0 atom stereocenters. The highest BCUT2D eigenvalue weighted by molar-refractivity contribution is 7.13. The first-order chi connectivity index (χ1) is 13.8. The number of benzene rings is 2. The molecule has 0 saturated carbocycles. The van der Waals surface area contributed by atoms with Crippen LogP contribution in [0, 0.1) is 0 Å². The van der Waals surface area contributed by atoms with Crippen LogP contribution in [0.25, 0.3) is 20.9 Å². The summed E-state index contributed by atoms with van der Waals surface area (Å²) >= 11 is 3.39. The van der Waals surface area contributed by atoms with Gasteiger partial charge in [0.15, 0.2) is 0 Å². The Hall–Kier alpha value is -2.96. The summed E-state index contributed by atoms with van der Waals surface area (Å²) < 4.78 is 11.2. The molecule has 0 unspecified atom stereocenters. The van der Waals surface area contributed by atoms with Gasteiger partial charge in [-0.25, -0.2) is 0 Å². The third-order valence-corrected chi connectivity index (χ3v) is 6.13. The molecule has 4 rings (SSSR count). The SMILES string of the molecule is COc1cc(NNc2ccc(-c3cccs3)c(OC)c2)ccc1-c1cccs1. The number of ether oxygens (including phenoxy) is 2. The Morgan fingerprint density at radius 3 is 1.46 bits per heavy atom. The number of methoxy groups -OCH3 is 2. The monoisotopic (exact) mass is 408 g/mol. The predicted octanol–water partition coefficient (Wildman–Crippen LogP) is 6.60. The van der Waals surface area contributed by atoms with Crippen molar-refractivity contribution in [1.82, 2.24) is 0 Å². The van der Waals surface area contributed by atoms with Gasteiger partial charge >= 0.3 is 0 Å². The zero-order valence-electron chi connectivity index (χ0n) is 15.6. The molecule has 0 aliphatic carbocycles. The van der Waals surface area contributed by atoms with E-state index in [9.17, 15) is 0 Å². The van der Waals surface area contributed by atoms with Gasteiger partial charge in [0, 0.05) is 33.0 Å². The Kier molecular flexibility index (Phi) is 5.50. The molecule has 2 N–H and O–H groups in total. The van der Waals surface area contributed by atoms with E-state index in [1.54, 1.807) is 36.9 Å². The molecule has 28 heavy (non-hydrogen) atoms. The van der Waals surface area contributed by atoms with Crippen LogP contribution in [0.2, 0.25) is 0 Å². The Morgan fingerprint density at radius 2 is 1.11 bits per heavy atom. The van der Waals surface area contributed by atoms with E-state index in [1.165, 1.54) is 9.75 Å². The fraction of sp³-hybridized carbons (Fsp3) is 0.0909. The van der Waals surface area contributed by atoms with Crippen LogP contribution in [-0.4, -0.2) is 14.2 Å². The summed E-state index contributed by atoms with van der Waals surface area (Å²) in [5, 5.41) is 4.13. The average Bonchev–Trinajstić information content (AvgIpc) is 3.46. The van der Waals surface area contributed by atoms with Crippen LogP contribution < -0.4 is 20.3 Å². The molecule has 0 aliphatic heterocycles. The summed E-state index contributed by atoms with van der Waals surface area (Å²) in [4.78, 5) is 2.37. The van der Waals surface area contributed by atoms with E-state index in [-0.39, 0.29) is 0 Å². The van der Waals surface area contributed by atoms with Crippen molar-refractivity contribution >= 4 is 34.0 Å². The van der Waals surface area contributed by atoms with Crippen molar-refractivity contribution in [3.8, 4) is 32.4 Å². The van der Waals surface area contributed by atoms with Crippen molar-refractivity contribution in [2.24, 2.45) is 0 Å². The lowest BCUT2D eigenvalue weighted by molar-refractivity contribution is 0.416. The molecule has 6 heteroatoms. The third kappa shape index (κ3) is 3.83. The van der Waals surface area contributed by atoms with Crippen LogP contribution in [0.1, 0.15) is 0 Å². The van der Waals surface area contributed by atoms with Gasteiger partial charge < -0.3 is 20.3 Å². The Labute approximate surface area is 172 Å². The summed E-state index contributed by atoms with van der Waals surface area (Å²) in [5.74, 6) is 1.67. The standard InChI is InChI=1S/C22H20N2O2S2/c1-25-19-13-15(7-9-17(19)21-5-3-11-27-21)23-24-16-8-10-18(20(14-16)26-2)22-6-4-12-28-22/h3-14,23-24H,1-2H3. The molecule has 0 saturated heterocycles. The zero-order valence-corrected chi connectivity index (χ0v) is 17.2. The fourth-order valence-corrected chi connectivity index (χ4v) is 4.47. The lowest BCUT2D eigenvalue weighted by atomic mass is 10.1. The van der Waals surface area contributed by atoms with Gasteiger partial charge in [-0.1, -0.05) is 12.1 Å². The molecule has 2 aromatic heterocycles. The van der Waals surface area contributed by atoms with Gasteiger partial charge in [-0.15, -0.1) is 22.7 Å². The maximum Gasteiger partial charge on any atom is 0.129 e. The van der Waals surface area contributed by atoms with Crippen LogP contribution in [0.15, 0.2) is 71.4 Å². The highest BCUT2D eigenvalue weighted by atomic mass is 32.1. The summed E-state index contributed by atoms with van der Waals surface area (Å²) in [7, 11) is 3.38. The number of hydrogen-bond donors (Lipinski definition) is 2. The Morgan fingerprint density at radius 1 is 0.643 bits per heavy atom. The highest BCUT2D eigenvalue weighted by Crippen LogP contribution is 2.36. The van der Waals surface area contributed by atoms with Gasteiger partial charge in [-0.3, -0.25) is 0 Å². The van der Waals surface area contributed by atoms with E-state index in [0.717, 1.165) is 34.0 Å². The zero-order chi connectivity index (χ0) is 19.3. The topological polar surface area (TPSA) is 42.5 Å². The molecule has 0 amide bonds. The Balaban J connectivity index is 1.51. The lowest BCUT2D eigenvalue weighted by Gasteiger charge is -2.15. The van der Waals surface area contributed by atoms with Crippen molar-refractivity contribution in [3.63, 3.8) is 0 Å². The molecule has 0 spiro atoms. The normalized spacial score (nSPS) is 10.5. The lowest BCUT2D eigenvalue weighted by Crippen LogP contribution is -2.09. The highest BCUT2D eigenvalue weighted by Gasteiger charge is 2.10. The second kappa shape index (κ2) is 8.37. The molecule has 0 radical (unpaired) electrons. The van der Waals surface area contributed by atoms with Crippen LogP contribution in [0.5, 0.6) is 11.5 Å². The molecule has 2 heterocycles. The molecular weight excluding hydrogens is 388 g/mol. The van der Waals surface area contributed by atoms with Gasteiger partial charge in [0.25, 0.3) is 0 Å². The second-order valence-corrected chi connectivity index (χ2v) is 7.93. The Bertz CT molecular complexity index is 959. The molecule has 0 bridgehead atoms.